The van der Waals surface area contributed by atoms with Crippen LogP contribution in [0.4, 0.5) is 17.1 Å². The van der Waals surface area contributed by atoms with E-state index in [0.717, 1.165) is 83.7 Å². The molecule has 6 nitrogen and oxygen atoms in total. The van der Waals surface area contributed by atoms with Crippen LogP contribution in [-0.4, -0.2) is 19.5 Å². The first kappa shape index (κ1) is 36.3. The van der Waals surface area contributed by atoms with Crippen LogP contribution < -0.4 is 9.64 Å². The monoisotopic (exact) mass is 807 g/mol. The van der Waals surface area contributed by atoms with Gasteiger partial charge < -0.3 is 9.64 Å². The number of nitrogens with zero attached hydrogens (tertiary/aromatic N) is 5. The molecule has 0 fully saturated rings. The van der Waals surface area contributed by atoms with E-state index in [9.17, 15) is 0 Å². The highest BCUT2D eigenvalue weighted by atomic mass is 16.5. The van der Waals surface area contributed by atoms with Crippen LogP contribution in [0.25, 0.3) is 83.9 Å². The van der Waals surface area contributed by atoms with Gasteiger partial charge >= 0.3 is 0 Å². The summed E-state index contributed by atoms with van der Waals surface area (Å²) in [6.07, 6.45) is 0. The fourth-order valence-corrected chi connectivity index (χ4v) is 8.77. The summed E-state index contributed by atoms with van der Waals surface area (Å²) < 4.78 is 8.83. The van der Waals surface area contributed by atoms with Gasteiger partial charge in [-0.3, -0.25) is 4.57 Å². The minimum atomic E-state index is 0.558. The topological polar surface area (TPSA) is 56.1 Å². The Morgan fingerprint density at radius 1 is 0.317 bits per heavy atom. The molecule has 0 radical (unpaired) electrons. The summed E-state index contributed by atoms with van der Waals surface area (Å²) >= 11 is 0. The van der Waals surface area contributed by atoms with Crippen molar-refractivity contribution in [2.75, 3.05) is 4.90 Å². The molecule has 12 rings (SSSR count). The van der Waals surface area contributed by atoms with Crippen molar-refractivity contribution in [1.29, 1.82) is 0 Å². The zero-order valence-electron chi connectivity index (χ0n) is 34.0. The Hall–Kier alpha value is -8.61. The van der Waals surface area contributed by atoms with Gasteiger partial charge in [-0.15, -0.1) is 0 Å². The summed E-state index contributed by atoms with van der Waals surface area (Å²) in [5.74, 6) is 3.39. The van der Waals surface area contributed by atoms with Crippen molar-refractivity contribution < 1.29 is 4.74 Å². The van der Waals surface area contributed by atoms with Gasteiger partial charge in [-0.25, -0.2) is 4.98 Å². The number of benzene rings is 9. The molecule has 1 aliphatic heterocycles. The molecular formula is C57H37N5O. The molecule has 0 unspecified atom stereocenters. The van der Waals surface area contributed by atoms with E-state index in [1.54, 1.807) is 0 Å². The minimum absolute atomic E-state index is 0.558. The molecule has 296 valence electrons. The molecule has 63 heavy (non-hydrogen) atoms. The molecule has 0 spiro atoms. The molecule has 1 aliphatic rings. The number of fused-ring (bicyclic) bond motifs is 5. The van der Waals surface area contributed by atoms with Crippen LogP contribution in [0, 0.1) is 0 Å². The van der Waals surface area contributed by atoms with Crippen LogP contribution in [0.5, 0.6) is 11.5 Å². The number of anilines is 3. The summed E-state index contributed by atoms with van der Waals surface area (Å²) in [6.45, 7) is 0. The molecule has 0 N–H and O–H groups in total. The SMILES string of the molecule is c1ccc(-c2ccc(-c3nc(-c4ccccc4)nc(-n4c5ccccc5c5cc(-c6ccc7c(c6)Oc6ccccc6N7c6ccc(-c7ccccc7)cc6)ccc54)n3)cc2)cc1. The molecule has 0 aliphatic carbocycles. The van der Waals surface area contributed by atoms with Gasteiger partial charge in [-0.2, -0.15) is 9.97 Å². The highest BCUT2D eigenvalue weighted by Crippen LogP contribution is 2.51. The van der Waals surface area contributed by atoms with Crippen molar-refractivity contribution in [3.63, 3.8) is 0 Å². The highest BCUT2D eigenvalue weighted by molar-refractivity contribution is 6.10. The Morgan fingerprint density at radius 2 is 0.794 bits per heavy atom. The van der Waals surface area contributed by atoms with Crippen molar-refractivity contribution in [3.05, 3.63) is 224 Å². The maximum atomic E-state index is 6.66. The van der Waals surface area contributed by atoms with Crippen LogP contribution in [0.3, 0.4) is 0 Å². The molecule has 6 heteroatoms. The van der Waals surface area contributed by atoms with E-state index in [-0.39, 0.29) is 0 Å². The second-order valence-electron chi connectivity index (χ2n) is 15.7. The zero-order chi connectivity index (χ0) is 41.7. The van der Waals surface area contributed by atoms with Crippen molar-refractivity contribution in [3.8, 4) is 73.6 Å². The first-order chi connectivity index (χ1) is 31.2. The van der Waals surface area contributed by atoms with Gasteiger partial charge in [0.1, 0.15) is 0 Å². The van der Waals surface area contributed by atoms with Crippen molar-refractivity contribution in [2.24, 2.45) is 0 Å². The van der Waals surface area contributed by atoms with E-state index in [1.807, 2.05) is 54.6 Å². The number of hydrogen-bond acceptors (Lipinski definition) is 5. The molecule has 0 atom stereocenters. The van der Waals surface area contributed by atoms with E-state index in [0.29, 0.717) is 17.6 Å². The van der Waals surface area contributed by atoms with Crippen molar-refractivity contribution in [2.45, 2.75) is 0 Å². The summed E-state index contributed by atoms with van der Waals surface area (Å²) in [5.41, 5.74) is 13.7. The predicted octanol–water partition coefficient (Wildman–Crippen LogP) is 14.9. The van der Waals surface area contributed by atoms with Gasteiger partial charge in [0.05, 0.1) is 22.4 Å². The smallest absolute Gasteiger partial charge is 0.238 e. The minimum Gasteiger partial charge on any atom is -0.453 e. The molecule has 0 saturated carbocycles. The van der Waals surface area contributed by atoms with Gasteiger partial charge in [0.15, 0.2) is 23.1 Å². The molecule has 0 bridgehead atoms. The molecular weight excluding hydrogens is 771 g/mol. The first-order valence-electron chi connectivity index (χ1n) is 21.1. The Kier molecular flexibility index (Phi) is 8.71. The third kappa shape index (κ3) is 6.49. The lowest BCUT2D eigenvalue weighted by Crippen LogP contribution is -2.15. The van der Waals surface area contributed by atoms with Crippen LogP contribution >= 0.6 is 0 Å². The maximum absolute atomic E-state index is 6.66. The summed E-state index contributed by atoms with van der Waals surface area (Å²) in [5, 5.41) is 2.21. The number of para-hydroxylation sites is 3. The van der Waals surface area contributed by atoms with E-state index in [4.69, 9.17) is 19.7 Å². The molecule has 2 aromatic heterocycles. The Balaban J connectivity index is 0.954. The number of hydrogen-bond donors (Lipinski definition) is 0. The highest BCUT2D eigenvalue weighted by Gasteiger charge is 2.26. The van der Waals surface area contributed by atoms with Crippen LogP contribution in [0.1, 0.15) is 0 Å². The van der Waals surface area contributed by atoms with Gasteiger partial charge in [-0.05, 0) is 88.0 Å². The lowest BCUT2D eigenvalue weighted by atomic mass is 10.0. The maximum Gasteiger partial charge on any atom is 0.238 e. The van der Waals surface area contributed by atoms with Gasteiger partial charge in [0, 0.05) is 27.6 Å². The first-order valence-corrected chi connectivity index (χ1v) is 21.1. The number of rotatable bonds is 7. The normalized spacial score (nSPS) is 11.9. The number of aromatic nitrogens is 4. The molecule has 0 saturated heterocycles. The second-order valence-corrected chi connectivity index (χ2v) is 15.7. The standard InChI is InChI=1S/C57H37N5O/c1-4-14-38(15-5-1)40-24-26-43(27-25-40)56-58-55(42-18-8-3-9-19-42)59-57(60-56)62-49-21-11-10-20-47(49)48-36-44(30-34-50(48)62)45-31-35-52-54(37-45)63-53-23-13-12-22-51(53)61(52)46-32-28-41(29-33-46)39-16-6-2-7-17-39/h1-37H. The average Bonchev–Trinajstić information content (AvgIpc) is 3.70. The second kappa shape index (κ2) is 15.1. The average molecular weight is 808 g/mol. The Morgan fingerprint density at radius 3 is 1.49 bits per heavy atom. The summed E-state index contributed by atoms with van der Waals surface area (Å²) in [6, 6.07) is 78.0. The fourth-order valence-electron chi connectivity index (χ4n) is 8.77. The van der Waals surface area contributed by atoms with Crippen molar-refractivity contribution >= 4 is 38.9 Å². The van der Waals surface area contributed by atoms with Crippen molar-refractivity contribution in [1.82, 2.24) is 19.5 Å². The van der Waals surface area contributed by atoms with E-state index < -0.39 is 0 Å². The molecule has 0 amide bonds. The summed E-state index contributed by atoms with van der Waals surface area (Å²) in [7, 11) is 0. The predicted molar refractivity (Wildman–Crippen MR) is 256 cm³/mol. The number of ether oxygens (including phenoxy) is 1. The van der Waals surface area contributed by atoms with Gasteiger partial charge in [0.2, 0.25) is 5.95 Å². The lowest BCUT2D eigenvalue weighted by molar-refractivity contribution is 0.477. The Bertz CT molecular complexity index is 3460. The van der Waals surface area contributed by atoms with E-state index in [2.05, 4.69) is 179 Å². The van der Waals surface area contributed by atoms with Crippen LogP contribution in [-0.2, 0) is 0 Å². The van der Waals surface area contributed by atoms with E-state index in [1.165, 1.54) is 11.1 Å². The third-order valence-electron chi connectivity index (χ3n) is 11.9. The molecule has 3 heterocycles. The third-order valence-corrected chi connectivity index (χ3v) is 11.9. The zero-order valence-corrected chi connectivity index (χ0v) is 34.0. The molecule has 11 aromatic rings. The molecule has 9 aromatic carbocycles. The fraction of sp³-hybridized carbons (Fsp3) is 0. The quantitative estimate of drug-likeness (QED) is 0.161. The lowest BCUT2D eigenvalue weighted by Gasteiger charge is -2.33. The van der Waals surface area contributed by atoms with E-state index >= 15 is 0 Å². The largest absolute Gasteiger partial charge is 0.453 e. The van der Waals surface area contributed by atoms with Gasteiger partial charge in [0.25, 0.3) is 0 Å². The Labute approximate surface area is 364 Å². The van der Waals surface area contributed by atoms with Crippen LogP contribution in [0.15, 0.2) is 224 Å². The van der Waals surface area contributed by atoms with Crippen LogP contribution in [0.2, 0.25) is 0 Å². The van der Waals surface area contributed by atoms with Gasteiger partial charge in [-0.1, -0.05) is 170 Å². The summed E-state index contributed by atoms with van der Waals surface area (Å²) in [4.78, 5) is 17.7.